The summed E-state index contributed by atoms with van der Waals surface area (Å²) in [5.74, 6) is 0.453. The zero-order valence-corrected chi connectivity index (χ0v) is 22.6. The van der Waals surface area contributed by atoms with E-state index in [-0.39, 0.29) is 11.8 Å². The molecular weight excluding hydrogens is 501 g/mol. The SMILES string of the molecule is C[N+](C)(C)CCN1C(=O)C2=C(c3ccc(Cl)cc3)N(CCCCS)C(=O)C2=C1c1ccc(Cl)cc1. The van der Waals surface area contributed by atoms with E-state index in [0.717, 1.165) is 36.3 Å². The fraction of sp³-hybridized carbons (Fsp3) is 0.333. The normalized spacial score (nSPS) is 16.2. The van der Waals surface area contributed by atoms with E-state index in [2.05, 4.69) is 33.8 Å². The zero-order valence-electron chi connectivity index (χ0n) is 20.2. The molecule has 0 N–H and O–H groups in total. The van der Waals surface area contributed by atoms with E-state index >= 15 is 0 Å². The summed E-state index contributed by atoms with van der Waals surface area (Å²) in [5, 5.41) is 1.20. The van der Waals surface area contributed by atoms with Crippen molar-refractivity contribution in [1.82, 2.24) is 9.80 Å². The fourth-order valence-electron chi connectivity index (χ4n) is 4.42. The zero-order chi connectivity index (χ0) is 25.3. The average molecular weight is 532 g/mol. The van der Waals surface area contributed by atoms with Crippen molar-refractivity contribution < 1.29 is 14.1 Å². The Morgan fingerprint density at radius 1 is 0.714 bits per heavy atom. The Morgan fingerprint density at radius 2 is 1.14 bits per heavy atom. The van der Waals surface area contributed by atoms with Crippen LogP contribution in [0.1, 0.15) is 24.0 Å². The first kappa shape index (κ1) is 25.8. The van der Waals surface area contributed by atoms with Crippen LogP contribution in [0.3, 0.4) is 0 Å². The van der Waals surface area contributed by atoms with Crippen LogP contribution in [0.5, 0.6) is 0 Å². The molecule has 2 aliphatic heterocycles. The molecule has 4 rings (SSSR count). The molecule has 0 aliphatic carbocycles. The number of rotatable bonds is 9. The molecule has 2 aliphatic rings. The molecule has 184 valence electrons. The molecule has 35 heavy (non-hydrogen) atoms. The average Bonchev–Trinajstić information content (AvgIpc) is 3.25. The van der Waals surface area contributed by atoms with E-state index in [4.69, 9.17) is 23.2 Å². The van der Waals surface area contributed by atoms with E-state index in [0.29, 0.717) is 50.2 Å². The summed E-state index contributed by atoms with van der Waals surface area (Å²) >= 11 is 16.6. The van der Waals surface area contributed by atoms with E-state index in [1.165, 1.54) is 0 Å². The lowest BCUT2D eigenvalue weighted by Gasteiger charge is -2.29. The molecule has 0 saturated carbocycles. The first-order chi connectivity index (χ1) is 16.6. The number of hydrogen-bond acceptors (Lipinski definition) is 3. The number of thiol groups is 1. The van der Waals surface area contributed by atoms with Crippen LogP contribution in [0.25, 0.3) is 11.4 Å². The van der Waals surface area contributed by atoms with Gasteiger partial charge in [-0.2, -0.15) is 12.6 Å². The molecule has 2 heterocycles. The summed E-state index contributed by atoms with van der Waals surface area (Å²) in [6.45, 7) is 1.75. The monoisotopic (exact) mass is 530 g/mol. The van der Waals surface area contributed by atoms with Crippen molar-refractivity contribution in [1.29, 1.82) is 0 Å². The predicted octanol–water partition coefficient (Wildman–Crippen LogP) is 5.22. The predicted molar refractivity (Wildman–Crippen MR) is 146 cm³/mol. The molecule has 0 fully saturated rings. The van der Waals surface area contributed by atoms with Crippen molar-refractivity contribution in [3.63, 3.8) is 0 Å². The number of fused-ring (bicyclic) bond motifs is 1. The molecule has 0 radical (unpaired) electrons. The lowest BCUT2D eigenvalue weighted by Crippen LogP contribution is -2.42. The van der Waals surface area contributed by atoms with Crippen LogP contribution >= 0.6 is 35.8 Å². The topological polar surface area (TPSA) is 40.6 Å². The summed E-state index contributed by atoms with van der Waals surface area (Å²) in [6, 6.07) is 14.6. The van der Waals surface area contributed by atoms with Crippen LogP contribution in [-0.4, -0.2) is 72.6 Å². The third kappa shape index (κ3) is 5.31. The van der Waals surface area contributed by atoms with E-state index < -0.39 is 0 Å². The summed E-state index contributed by atoms with van der Waals surface area (Å²) in [4.78, 5) is 31.5. The standard InChI is InChI=1S/C27H29Cl2N3O2S/c1-32(2,3)16-15-31-25(19-8-12-21(29)13-9-19)23-22(27(31)34)24(18-6-10-20(28)11-7-18)30(26(23)33)14-4-5-17-35/h6-13H,4-5,14-17H2,1-3H3/p+1. The molecule has 0 aromatic heterocycles. The minimum Gasteiger partial charge on any atom is -0.329 e. The maximum Gasteiger partial charge on any atom is 0.261 e. The highest BCUT2D eigenvalue weighted by atomic mass is 35.5. The van der Waals surface area contributed by atoms with Crippen LogP contribution in [0.2, 0.25) is 10.0 Å². The minimum absolute atomic E-state index is 0.143. The van der Waals surface area contributed by atoms with E-state index in [9.17, 15) is 9.59 Å². The number of quaternary nitrogens is 1. The second-order valence-corrected chi connectivity index (χ2v) is 11.1. The first-order valence-electron chi connectivity index (χ1n) is 11.7. The molecule has 0 spiro atoms. The van der Waals surface area contributed by atoms with Gasteiger partial charge in [0.2, 0.25) is 0 Å². The van der Waals surface area contributed by atoms with Gasteiger partial charge in [0, 0.05) is 16.6 Å². The largest absolute Gasteiger partial charge is 0.329 e. The van der Waals surface area contributed by atoms with Crippen molar-refractivity contribution in [3.8, 4) is 0 Å². The van der Waals surface area contributed by atoms with Gasteiger partial charge in [-0.15, -0.1) is 0 Å². The third-order valence-electron chi connectivity index (χ3n) is 6.20. The summed E-state index contributed by atoms with van der Waals surface area (Å²) < 4.78 is 0.694. The van der Waals surface area contributed by atoms with Crippen LogP contribution < -0.4 is 0 Å². The van der Waals surface area contributed by atoms with Crippen molar-refractivity contribution in [3.05, 3.63) is 80.8 Å². The van der Waals surface area contributed by atoms with Gasteiger partial charge in [0.25, 0.3) is 11.8 Å². The molecule has 0 unspecified atom stereocenters. The van der Waals surface area contributed by atoms with Crippen LogP contribution in [0, 0.1) is 0 Å². The Bertz CT molecular complexity index is 1200. The highest BCUT2D eigenvalue weighted by Gasteiger charge is 2.48. The van der Waals surface area contributed by atoms with Crippen LogP contribution in [-0.2, 0) is 9.59 Å². The summed E-state index contributed by atoms with van der Waals surface area (Å²) in [7, 11) is 6.26. The number of benzene rings is 2. The van der Waals surface area contributed by atoms with E-state index in [1.807, 2.05) is 24.3 Å². The first-order valence-corrected chi connectivity index (χ1v) is 13.1. The Hall–Kier alpha value is -2.25. The Morgan fingerprint density at radius 3 is 1.54 bits per heavy atom. The molecule has 8 heteroatoms. The highest BCUT2D eigenvalue weighted by Crippen LogP contribution is 2.46. The summed E-state index contributed by atoms with van der Waals surface area (Å²) in [6.07, 6.45) is 1.67. The highest BCUT2D eigenvalue weighted by molar-refractivity contribution is 7.80. The molecule has 0 bridgehead atoms. The summed E-state index contributed by atoms with van der Waals surface area (Å²) in [5.41, 5.74) is 3.85. The molecule has 0 atom stereocenters. The number of likely N-dealkylation sites (N-methyl/N-ethyl adjacent to an activating group) is 1. The van der Waals surface area contributed by atoms with Gasteiger partial charge in [-0.05, 0) is 54.0 Å². The van der Waals surface area contributed by atoms with Gasteiger partial charge in [-0.1, -0.05) is 47.5 Å². The number of nitrogens with zero attached hydrogens (tertiary/aromatic N) is 3. The molecule has 5 nitrogen and oxygen atoms in total. The third-order valence-corrected chi connectivity index (χ3v) is 7.02. The van der Waals surface area contributed by atoms with Gasteiger partial charge in [0.05, 0.1) is 56.8 Å². The van der Waals surface area contributed by atoms with Crippen LogP contribution in [0.15, 0.2) is 59.7 Å². The van der Waals surface area contributed by atoms with Crippen LogP contribution in [0.4, 0.5) is 0 Å². The van der Waals surface area contributed by atoms with Gasteiger partial charge in [0.15, 0.2) is 0 Å². The number of halogens is 2. The molecule has 2 amide bonds. The smallest absolute Gasteiger partial charge is 0.261 e. The van der Waals surface area contributed by atoms with Gasteiger partial charge >= 0.3 is 0 Å². The van der Waals surface area contributed by atoms with Crippen molar-refractivity contribution in [2.24, 2.45) is 0 Å². The molecule has 0 saturated heterocycles. The second kappa shape index (κ2) is 10.4. The van der Waals surface area contributed by atoms with Gasteiger partial charge in [-0.25, -0.2) is 0 Å². The van der Waals surface area contributed by atoms with Crippen molar-refractivity contribution in [2.75, 3.05) is 46.5 Å². The number of unbranched alkanes of at least 4 members (excludes halogenated alkanes) is 1. The van der Waals surface area contributed by atoms with Crippen molar-refractivity contribution in [2.45, 2.75) is 12.8 Å². The van der Waals surface area contributed by atoms with Crippen molar-refractivity contribution >= 4 is 59.0 Å². The lowest BCUT2D eigenvalue weighted by atomic mass is 10.0. The second-order valence-electron chi connectivity index (χ2n) is 9.82. The number of carbonyl (C=O) groups excluding carboxylic acids is 2. The number of carbonyl (C=O) groups is 2. The van der Waals surface area contributed by atoms with Gasteiger partial charge in [-0.3, -0.25) is 9.59 Å². The maximum absolute atomic E-state index is 14.0. The maximum atomic E-state index is 14.0. The van der Waals surface area contributed by atoms with E-state index in [1.54, 1.807) is 34.1 Å². The Kier molecular flexibility index (Phi) is 7.67. The number of hydrogen-bond donors (Lipinski definition) is 1. The van der Waals surface area contributed by atoms with Gasteiger partial charge < -0.3 is 14.3 Å². The molecular formula is C27H30Cl2N3O2S+. The number of amides is 2. The van der Waals surface area contributed by atoms with Gasteiger partial charge in [0.1, 0.15) is 0 Å². The minimum atomic E-state index is -0.145. The Labute approximate surface area is 222 Å². The Balaban J connectivity index is 1.91. The lowest BCUT2D eigenvalue weighted by molar-refractivity contribution is -0.869. The fourth-order valence-corrected chi connectivity index (χ4v) is 4.90. The molecule has 2 aromatic rings. The quantitative estimate of drug-likeness (QED) is 0.274. The molecule has 2 aromatic carbocycles.